The lowest BCUT2D eigenvalue weighted by Crippen LogP contribution is -2.36. The minimum Gasteiger partial charge on any atom is -0.481 e. The molecule has 0 amide bonds. The highest BCUT2D eigenvalue weighted by molar-refractivity contribution is 5.75. The van der Waals surface area contributed by atoms with Gasteiger partial charge in [0.2, 0.25) is 0 Å². The van der Waals surface area contributed by atoms with Crippen molar-refractivity contribution in [2.75, 3.05) is 0 Å². The van der Waals surface area contributed by atoms with Gasteiger partial charge in [0.1, 0.15) is 0 Å². The molecule has 60 heavy (non-hydrogen) atoms. The van der Waals surface area contributed by atoms with E-state index in [1.807, 2.05) is 0 Å². The molecule has 8 heteroatoms. The first kappa shape index (κ1) is 60.0. The van der Waals surface area contributed by atoms with Gasteiger partial charge >= 0.3 is 23.9 Å². The third-order valence-electron chi connectivity index (χ3n) is 13.5. The van der Waals surface area contributed by atoms with Gasteiger partial charge in [0.05, 0.1) is 10.8 Å². The highest BCUT2D eigenvalue weighted by Crippen LogP contribution is 2.43. The molecule has 0 aliphatic carbocycles. The second kappa shape index (κ2) is 40.9. The molecule has 0 aromatic heterocycles. The van der Waals surface area contributed by atoms with Crippen LogP contribution >= 0.6 is 0 Å². The number of aliphatic carboxylic acids is 4. The van der Waals surface area contributed by atoms with Crippen LogP contribution in [0.3, 0.4) is 0 Å². The lowest BCUT2D eigenvalue weighted by molar-refractivity contribution is -0.153. The van der Waals surface area contributed by atoms with Crippen LogP contribution in [0.5, 0.6) is 0 Å². The quantitative estimate of drug-likeness (QED) is 0.0443. The fraction of sp³-hybridized carbons (Fsp3) is 0.923. The van der Waals surface area contributed by atoms with Crippen LogP contribution < -0.4 is 0 Å². The predicted octanol–water partition coefficient (Wildman–Crippen LogP) is 16.5. The molecule has 356 valence electrons. The minimum atomic E-state index is -0.727. The van der Waals surface area contributed by atoms with Crippen molar-refractivity contribution in [1.82, 2.24) is 0 Å². The van der Waals surface area contributed by atoms with E-state index in [2.05, 4.69) is 41.5 Å². The fourth-order valence-electron chi connectivity index (χ4n) is 9.28. The fourth-order valence-corrected chi connectivity index (χ4v) is 9.28. The Kier molecular flexibility index (Phi) is 40.9. The smallest absolute Gasteiger partial charge is 0.309 e. The summed E-state index contributed by atoms with van der Waals surface area (Å²) in [5, 5.41) is 38.0. The monoisotopic (exact) mass is 853 g/mol. The Labute approximate surface area is 370 Å². The van der Waals surface area contributed by atoms with Crippen molar-refractivity contribution < 1.29 is 39.6 Å². The Morgan fingerprint density at radius 3 is 0.883 bits per heavy atom. The Hall–Kier alpha value is -2.12. The molecule has 0 saturated carbocycles. The average Bonchev–Trinajstić information content (AvgIpc) is 3.21. The van der Waals surface area contributed by atoms with E-state index in [4.69, 9.17) is 10.2 Å². The summed E-state index contributed by atoms with van der Waals surface area (Å²) < 4.78 is 0. The molecule has 0 aliphatic heterocycles. The highest BCUT2D eigenvalue weighted by atomic mass is 16.4. The molecule has 0 aliphatic rings. The number of carbonyl (C=O) groups is 4. The zero-order valence-corrected chi connectivity index (χ0v) is 40.4. The van der Waals surface area contributed by atoms with Crippen molar-refractivity contribution in [3.05, 3.63) is 0 Å². The Balaban J connectivity index is 0. The first-order valence-electron chi connectivity index (χ1n) is 25.7. The molecule has 8 nitrogen and oxygen atoms in total. The largest absolute Gasteiger partial charge is 0.481 e. The van der Waals surface area contributed by atoms with Gasteiger partial charge in [-0.3, -0.25) is 19.2 Å². The molecule has 0 radical (unpaired) electrons. The molecule has 0 fully saturated rings. The second-order valence-electron chi connectivity index (χ2n) is 18.8. The van der Waals surface area contributed by atoms with Crippen molar-refractivity contribution in [2.24, 2.45) is 22.7 Å². The highest BCUT2D eigenvalue weighted by Gasteiger charge is 2.41. The summed E-state index contributed by atoms with van der Waals surface area (Å²) in [6, 6.07) is 0. The van der Waals surface area contributed by atoms with Gasteiger partial charge in [0, 0.05) is 12.8 Å². The molecule has 0 aromatic rings. The van der Waals surface area contributed by atoms with E-state index in [1.54, 1.807) is 0 Å². The van der Waals surface area contributed by atoms with Crippen LogP contribution in [-0.2, 0) is 19.2 Å². The number of carboxylic acids is 4. The molecule has 4 N–H and O–H groups in total. The van der Waals surface area contributed by atoms with Crippen LogP contribution in [0.15, 0.2) is 0 Å². The van der Waals surface area contributed by atoms with E-state index in [-0.39, 0.29) is 12.8 Å². The maximum absolute atomic E-state index is 12.6. The summed E-state index contributed by atoms with van der Waals surface area (Å²) in [5.74, 6) is -1.62. The van der Waals surface area contributed by atoms with Crippen LogP contribution in [0, 0.1) is 22.7 Å². The second-order valence-corrected chi connectivity index (χ2v) is 18.8. The normalized spacial score (nSPS) is 13.6. The molecule has 0 aromatic carbocycles. The number of rotatable bonds is 44. The summed E-state index contributed by atoms with van der Waals surface area (Å²) in [5.41, 5.74) is -1.14. The molecule has 0 saturated heterocycles. The molecule has 0 rings (SSSR count). The summed E-state index contributed by atoms with van der Waals surface area (Å²) in [7, 11) is 0. The number of unbranched alkanes of at least 4 members (excludes halogenated alkanes) is 20. The zero-order valence-electron chi connectivity index (χ0n) is 40.4. The van der Waals surface area contributed by atoms with Gasteiger partial charge < -0.3 is 20.4 Å². The maximum atomic E-state index is 12.6. The van der Waals surface area contributed by atoms with Crippen LogP contribution in [0.4, 0.5) is 0 Å². The van der Waals surface area contributed by atoms with Gasteiger partial charge in [-0.05, 0) is 63.2 Å². The summed E-state index contributed by atoms with van der Waals surface area (Å²) in [4.78, 5) is 46.2. The van der Waals surface area contributed by atoms with Crippen molar-refractivity contribution >= 4 is 23.9 Å². The Morgan fingerprint density at radius 2 is 0.617 bits per heavy atom. The number of hydrogen-bond acceptors (Lipinski definition) is 4. The first-order chi connectivity index (χ1) is 28.8. The van der Waals surface area contributed by atoms with Gasteiger partial charge in [0.15, 0.2) is 0 Å². The molecule has 2 unspecified atom stereocenters. The summed E-state index contributed by atoms with van der Waals surface area (Å²) >= 11 is 0. The summed E-state index contributed by atoms with van der Waals surface area (Å²) in [6.45, 7) is 13.3. The van der Waals surface area contributed by atoms with E-state index in [9.17, 15) is 29.4 Å². The van der Waals surface area contributed by atoms with Gasteiger partial charge in [0.25, 0.3) is 0 Å². The first-order valence-corrected chi connectivity index (χ1v) is 25.7. The Morgan fingerprint density at radius 1 is 0.350 bits per heavy atom. The topological polar surface area (TPSA) is 149 Å². The summed E-state index contributed by atoms with van der Waals surface area (Å²) in [6.07, 6.45) is 38.1. The van der Waals surface area contributed by atoms with Gasteiger partial charge in [-0.15, -0.1) is 0 Å². The van der Waals surface area contributed by atoms with Crippen LogP contribution in [0.25, 0.3) is 0 Å². The van der Waals surface area contributed by atoms with Crippen molar-refractivity contribution in [3.8, 4) is 0 Å². The van der Waals surface area contributed by atoms with Crippen LogP contribution in [0.2, 0.25) is 0 Å². The number of carboxylic acid groups (broad SMARTS) is 4. The van der Waals surface area contributed by atoms with Crippen LogP contribution in [-0.4, -0.2) is 44.3 Å². The van der Waals surface area contributed by atoms with E-state index in [1.165, 1.54) is 77.0 Å². The van der Waals surface area contributed by atoms with E-state index < -0.39 is 34.7 Å². The molecule has 0 heterocycles. The predicted molar refractivity (Wildman–Crippen MR) is 252 cm³/mol. The third kappa shape index (κ3) is 32.6. The minimum absolute atomic E-state index is 0.240. The SMILES string of the molecule is CCCCC(CC)CC(CCCCCCCC(=O)O)(CC(CC)CCCC)C(=O)O.CCCCCCCCC(CCCCCCCC)(CCCCCCCC(=O)O)C(=O)O. The van der Waals surface area contributed by atoms with Crippen LogP contribution in [0.1, 0.15) is 286 Å². The molecule has 2 atom stereocenters. The molecule has 0 bridgehead atoms. The van der Waals surface area contributed by atoms with Gasteiger partial charge in [-0.2, -0.15) is 0 Å². The molecule has 0 spiro atoms. The lowest BCUT2D eigenvalue weighted by atomic mass is 9.67. The number of hydrogen-bond donors (Lipinski definition) is 4. The van der Waals surface area contributed by atoms with E-state index >= 15 is 0 Å². The lowest BCUT2D eigenvalue weighted by Gasteiger charge is -2.36. The standard InChI is InChI=1S/2C26H50O4/c1-5-9-16-22(7-3)20-26(25(29)30,21-23(8-4)17-10-6-2)19-15-13-11-12-14-18-24(27)28;1-3-5-7-9-13-17-21-26(25(29)30,22-18-14-10-8-6-4-2)23-19-15-11-12-16-20-24(27)28/h22-23H,5-21H2,1-4H3,(H,27,28)(H,29,30);3-23H2,1-2H3,(H,27,28)(H,29,30). The average molecular weight is 853 g/mol. The van der Waals surface area contributed by atoms with E-state index in [0.29, 0.717) is 11.8 Å². The zero-order chi connectivity index (χ0) is 45.3. The van der Waals surface area contributed by atoms with Crippen molar-refractivity contribution in [2.45, 2.75) is 286 Å². The van der Waals surface area contributed by atoms with Gasteiger partial charge in [-0.25, -0.2) is 0 Å². The van der Waals surface area contributed by atoms with Gasteiger partial charge in [-0.1, -0.05) is 221 Å². The van der Waals surface area contributed by atoms with Crippen molar-refractivity contribution in [1.29, 1.82) is 0 Å². The third-order valence-corrected chi connectivity index (χ3v) is 13.5. The molecular formula is C52H100O8. The molecular weight excluding hydrogens is 753 g/mol. The van der Waals surface area contributed by atoms with Crippen molar-refractivity contribution in [3.63, 3.8) is 0 Å². The Bertz CT molecular complexity index is 991. The van der Waals surface area contributed by atoms with E-state index in [0.717, 1.165) is 154 Å². The maximum Gasteiger partial charge on any atom is 0.309 e.